The smallest absolute Gasteiger partial charge is 0.257 e. The van der Waals surface area contributed by atoms with Gasteiger partial charge < -0.3 is 15.4 Å². The van der Waals surface area contributed by atoms with E-state index in [1.54, 1.807) is 48.5 Å². The van der Waals surface area contributed by atoms with E-state index in [1.165, 1.54) is 20.2 Å². The van der Waals surface area contributed by atoms with Gasteiger partial charge in [-0.15, -0.1) is 0 Å². The van der Waals surface area contributed by atoms with Crippen molar-refractivity contribution in [3.05, 3.63) is 76.9 Å². The van der Waals surface area contributed by atoms with Crippen LogP contribution < -0.4 is 15.4 Å². The van der Waals surface area contributed by atoms with Crippen LogP contribution in [0.1, 0.15) is 27.6 Å². The summed E-state index contributed by atoms with van der Waals surface area (Å²) < 4.78 is 5.23. The molecule has 0 spiro atoms. The Balaban J connectivity index is 1.72. The number of carbonyl (C=O) groups excluding carboxylic acids is 2. The Labute approximate surface area is 167 Å². The van der Waals surface area contributed by atoms with E-state index in [-0.39, 0.29) is 11.7 Å². The van der Waals surface area contributed by atoms with Crippen LogP contribution in [0.2, 0.25) is 5.02 Å². The number of ether oxygens (including phenoxy) is 1. The van der Waals surface area contributed by atoms with Crippen molar-refractivity contribution in [3.8, 4) is 5.75 Å². The number of benzene rings is 2. The van der Waals surface area contributed by atoms with Crippen molar-refractivity contribution in [2.24, 2.45) is 0 Å². The van der Waals surface area contributed by atoms with E-state index in [1.807, 2.05) is 6.07 Å². The molecule has 2 N–H and O–H groups in total. The van der Waals surface area contributed by atoms with Gasteiger partial charge in [-0.2, -0.15) is 0 Å². The minimum Gasteiger partial charge on any atom is -0.495 e. The molecule has 0 bridgehead atoms. The summed E-state index contributed by atoms with van der Waals surface area (Å²) in [5.74, 6) is 0.713. The maximum absolute atomic E-state index is 12.5. The zero-order valence-electron chi connectivity index (χ0n) is 15.3. The van der Waals surface area contributed by atoms with Crippen LogP contribution >= 0.6 is 11.6 Å². The number of hydrogen-bond acceptors (Lipinski definition) is 5. The molecule has 3 aromatic rings. The molecular weight excluding hydrogens is 378 g/mol. The van der Waals surface area contributed by atoms with Gasteiger partial charge in [0.1, 0.15) is 11.6 Å². The molecule has 28 heavy (non-hydrogen) atoms. The number of anilines is 3. The van der Waals surface area contributed by atoms with Crippen molar-refractivity contribution in [1.82, 2.24) is 4.98 Å². The zero-order valence-corrected chi connectivity index (χ0v) is 16.1. The number of Topliss-reactive ketones (excluding diaryl/α,β-unsaturated/α-hetero) is 1. The fraction of sp³-hybridized carbons (Fsp3) is 0.0952. The number of hydrogen-bond donors (Lipinski definition) is 2. The summed E-state index contributed by atoms with van der Waals surface area (Å²) in [7, 11) is 1.52. The van der Waals surface area contributed by atoms with Crippen molar-refractivity contribution in [3.63, 3.8) is 0 Å². The molecule has 1 amide bonds. The van der Waals surface area contributed by atoms with Crippen molar-refractivity contribution < 1.29 is 14.3 Å². The van der Waals surface area contributed by atoms with Crippen LogP contribution in [0.5, 0.6) is 5.75 Å². The molecule has 142 valence electrons. The van der Waals surface area contributed by atoms with Crippen LogP contribution in [-0.2, 0) is 0 Å². The second-order valence-corrected chi connectivity index (χ2v) is 6.43. The predicted octanol–water partition coefficient (Wildman–Crippen LogP) is 4.94. The summed E-state index contributed by atoms with van der Waals surface area (Å²) in [6.45, 7) is 1.51. The molecule has 0 fully saturated rings. The lowest BCUT2D eigenvalue weighted by molar-refractivity contribution is 0.101. The maximum Gasteiger partial charge on any atom is 0.257 e. The number of nitrogens with zero attached hydrogens (tertiary/aromatic N) is 1. The number of aromatic nitrogens is 1. The summed E-state index contributed by atoms with van der Waals surface area (Å²) in [6, 6.07) is 15.4. The molecule has 0 saturated carbocycles. The molecule has 7 heteroatoms. The lowest BCUT2D eigenvalue weighted by Gasteiger charge is -2.11. The topological polar surface area (TPSA) is 80.3 Å². The third-order valence-electron chi connectivity index (χ3n) is 3.98. The molecule has 0 aliphatic carbocycles. The van der Waals surface area contributed by atoms with Crippen LogP contribution in [0.3, 0.4) is 0 Å². The van der Waals surface area contributed by atoms with Crippen molar-refractivity contribution in [2.45, 2.75) is 6.92 Å². The van der Waals surface area contributed by atoms with Crippen LogP contribution in [-0.4, -0.2) is 23.8 Å². The first-order valence-corrected chi connectivity index (χ1v) is 8.83. The second kappa shape index (κ2) is 8.54. The number of methoxy groups -OCH3 is 1. The average Bonchev–Trinajstić information content (AvgIpc) is 2.69. The van der Waals surface area contributed by atoms with E-state index in [0.717, 1.165) is 5.69 Å². The van der Waals surface area contributed by atoms with Crippen LogP contribution in [0.15, 0.2) is 60.8 Å². The molecule has 0 radical (unpaired) electrons. The molecule has 2 aromatic carbocycles. The summed E-state index contributed by atoms with van der Waals surface area (Å²) in [6.07, 6.45) is 1.46. The summed E-state index contributed by atoms with van der Waals surface area (Å²) in [4.78, 5) is 28.2. The first kappa shape index (κ1) is 19.4. The summed E-state index contributed by atoms with van der Waals surface area (Å²) in [5, 5.41) is 6.36. The minimum atomic E-state index is -0.335. The van der Waals surface area contributed by atoms with Crippen LogP contribution in [0.4, 0.5) is 17.2 Å². The van der Waals surface area contributed by atoms with Gasteiger partial charge in [-0.25, -0.2) is 4.98 Å². The van der Waals surface area contributed by atoms with E-state index in [9.17, 15) is 9.59 Å². The molecule has 0 aliphatic heterocycles. The Kier molecular flexibility index (Phi) is 5.91. The van der Waals surface area contributed by atoms with E-state index in [0.29, 0.717) is 33.4 Å². The van der Waals surface area contributed by atoms with Gasteiger partial charge in [-0.3, -0.25) is 9.59 Å². The number of halogens is 1. The monoisotopic (exact) mass is 395 g/mol. The highest BCUT2D eigenvalue weighted by atomic mass is 35.5. The number of ketones is 1. The number of nitrogens with one attached hydrogen (secondary N) is 2. The highest BCUT2D eigenvalue weighted by Crippen LogP contribution is 2.28. The van der Waals surface area contributed by atoms with Crippen molar-refractivity contribution in [2.75, 3.05) is 17.7 Å². The Bertz CT molecular complexity index is 1020. The molecule has 3 rings (SSSR count). The Hall–Kier alpha value is -3.38. The van der Waals surface area contributed by atoms with E-state index < -0.39 is 0 Å². The summed E-state index contributed by atoms with van der Waals surface area (Å²) >= 11 is 5.98. The largest absolute Gasteiger partial charge is 0.495 e. The normalized spacial score (nSPS) is 10.2. The third-order valence-corrected chi connectivity index (χ3v) is 4.21. The molecule has 0 aliphatic rings. The number of rotatable bonds is 6. The minimum absolute atomic E-state index is 0.0138. The summed E-state index contributed by atoms with van der Waals surface area (Å²) in [5.41, 5.74) is 2.20. The second-order valence-electron chi connectivity index (χ2n) is 5.99. The Morgan fingerprint density at radius 1 is 1.04 bits per heavy atom. The standard InChI is InChI=1S/C21H18ClN3O3/c1-13(26)14-4-3-5-17(10-14)24-20-9-6-15(12-23-20)21(27)25-18-11-16(22)7-8-19(18)28-2/h3-12H,1-2H3,(H,23,24)(H,25,27). The molecule has 0 saturated heterocycles. The Morgan fingerprint density at radius 3 is 2.54 bits per heavy atom. The lowest BCUT2D eigenvalue weighted by Crippen LogP contribution is -2.13. The number of pyridine rings is 1. The predicted molar refractivity (Wildman–Crippen MR) is 110 cm³/mol. The van der Waals surface area contributed by atoms with E-state index in [4.69, 9.17) is 16.3 Å². The molecule has 1 aromatic heterocycles. The lowest BCUT2D eigenvalue weighted by atomic mass is 10.1. The number of amides is 1. The van der Waals surface area contributed by atoms with Crippen LogP contribution in [0, 0.1) is 0 Å². The molecule has 1 heterocycles. The van der Waals surface area contributed by atoms with Gasteiger partial charge in [-0.1, -0.05) is 23.7 Å². The Morgan fingerprint density at radius 2 is 1.86 bits per heavy atom. The molecule has 6 nitrogen and oxygen atoms in total. The maximum atomic E-state index is 12.5. The molecule has 0 atom stereocenters. The van der Waals surface area contributed by atoms with E-state index in [2.05, 4.69) is 15.6 Å². The number of carbonyl (C=O) groups is 2. The fourth-order valence-electron chi connectivity index (χ4n) is 2.54. The first-order valence-electron chi connectivity index (χ1n) is 8.45. The van der Waals surface area contributed by atoms with Gasteiger partial charge in [-0.05, 0) is 49.4 Å². The molecule has 0 unspecified atom stereocenters. The average molecular weight is 396 g/mol. The van der Waals surface area contributed by atoms with E-state index >= 15 is 0 Å². The zero-order chi connectivity index (χ0) is 20.1. The molecular formula is C21H18ClN3O3. The van der Waals surface area contributed by atoms with Gasteiger partial charge in [0.2, 0.25) is 0 Å². The van der Waals surface area contributed by atoms with Crippen molar-refractivity contribution in [1.29, 1.82) is 0 Å². The highest BCUT2D eigenvalue weighted by Gasteiger charge is 2.11. The van der Waals surface area contributed by atoms with Gasteiger partial charge in [0.25, 0.3) is 5.91 Å². The van der Waals surface area contributed by atoms with Gasteiger partial charge in [0.05, 0.1) is 18.4 Å². The first-order chi connectivity index (χ1) is 13.5. The fourth-order valence-corrected chi connectivity index (χ4v) is 2.71. The van der Waals surface area contributed by atoms with Gasteiger partial charge in [0.15, 0.2) is 5.78 Å². The van der Waals surface area contributed by atoms with Crippen LogP contribution in [0.25, 0.3) is 0 Å². The third kappa shape index (κ3) is 4.66. The van der Waals surface area contributed by atoms with Gasteiger partial charge in [0, 0.05) is 22.5 Å². The quantitative estimate of drug-likeness (QED) is 0.577. The van der Waals surface area contributed by atoms with Crippen molar-refractivity contribution >= 4 is 40.5 Å². The highest BCUT2D eigenvalue weighted by molar-refractivity contribution is 6.31. The van der Waals surface area contributed by atoms with Gasteiger partial charge >= 0.3 is 0 Å². The SMILES string of the molecule is COc1ccc(Cl)cc1NC(=O)c1ccc(Nc2cccc(C(C)=O)c2)nc1.